The normalized spacial score (nSPS) is 22.8. The summed E-state index contributed by atoms with van der Waals surface area (Å²) in [6, 6.07) is 10.6. The first-order chi connectivity index (χ1) is 14.9. The van der Waals surface area contributed by atoms with Crippen molar-refractivity contribution in [3.63, 3.8) is 0 Å². The minimum Gasteiger partial charge on any atom is -0.508 e. The van der Waals surface area contributed by atoms with Crippen molar-refractivity contribution in [2.45, 2.75) is 31.9 Å². The second kappa shape index (κ2) is 8.43. The van der Waals surface area contributed by atoms with Gasteiger partial charge in [0.25, 0.3) is 11.7 Å². The Morgan fingerprint density at radius 2 is 1.94 bits per heavy atom. The Morgan fingerprint density at radius 3 is 2.55 bits per heavy atom. The largest absolute Gasteiger partial charge is 0.508 e. The number of hydrogen-bond donors (Lipinski definition) is 2. The zero-order chi connectivity index (χ0) is 22.1. The Kier molecular flexibility index (Phi) is 5.69. The quantitative estimate of drug-likeness (QED) is 0.435. The number of amides is 1. The number of phenolic OH excluding ortho intramolecular Hbond substituents is 1. The lowest BCUT2D eigenvalue weighted by atomic mass is 9.94. The van der Waals surface area contributed by atoms with Gasteiger partial charge < -0.3 is 24.6 Å². The van der Waals surface area contributed by atoms with Gasteiger partial charge in [-0.05, 0) is 61.2 Å². The number of aliphatic hydroxyl groups is 1. The number of carbonyl (C=O) groups excluding carboxylic acids is 2. The fourth-order valence-electron chi connectivity index (χ4n) is 4.26. The maximum absolute atomic E-state index is 13.0. The van der Waals surface area contributed by atoms with Crippen molar-refractivity contribution in [1.29, 1.82) is 0 Å². The molecule has 0 bridgehead atoms. The molecule has 7 heteroatoms. The zero-order valence-corrected chi connectivity index (χ0v) is 17.5. The number of hydrogen-bond acceptors (Lipinski definition) is 6. The highest BCUT2D eigenvalue weighted by Crippen LogP contribution is 2.40. The SMILES string of the molecule is COc1ccc(/C(O)=C2/C(=O)C(=O)N(CC3CCCO3)C2c2ccc(O)cc2)cc1C. The van der Waals surface area contributed by atoms with Gasteiger partial charge in [0.1, 0.15) is 17.3 Å². The summed E-state index contributed by atoms with van der Waals surface area (Å²) in [7, 11) is 1.56. The first-order valence-electron chi connectivity index (χ1n) is 10.2. The van der Waals surface area contributed by atoms with E-state index in [-0.39, 0.29) is 29.7 Å². The molecule has 0 aliphatic carbocycles. The van der Waals surface area contributed by atoms with Crippen LogP contribution in [0.3, 0.4) is 0 Å². The molecule has 31 heavy (non-hydrogen) atoms. The maximum Gasteiger partial charge on any atom is 0.295 e. The molecule has 2 heterocycles. The molecule has 2 fully saturated rings. The molecule has 2 atom stereocenters. The van der Waals surface area contributed by atoms with E-state index in [1.165, 1.54) is 17.0 Å². The maximum atomic E-state index is 13.0. The fourth-order valence-corrected chi connectivity index (χ4v) is 4.26. The van der Waals surface area contributed by atoms with Crippen LogP contribution < -0.4 is 4.74 Å². The van der Waals surface area contributed by atoms with E-state index in [1.54, 1.807) is 37.4 Å². The molecule has 0 saturated carbocycles. The van der Waals surface area contributed by atoms with Crippen molar-refractivity contribution >= 4 is 17.4 Å². The summed E-state index contributed by atoms with van der Waals surface area (Å²) in [5.74, 6) is -0.907. The van der Waals surface area contributed by atoms with E-state index >= 15 is 0 Å². The van der Waals surface area contributed by atoms with Crippen LogP contribution in [0.25, 0.3) is 5.76 Å². The van der Waals surface area contributed by atoms with E-state index in [0.29, 0.717) is 23.5 Å². The number of ether oxygens (including phenoxy) is 2. The van der Waals surface area contributed by atoms with Gasteiger partial charge in [0.2, 0.25) is 0 Å². The lowest BCUT2D eigenvalue weighted by Crippen LogP contribution is -2.36. The second-order valence-electron chi connectivity index (χ2n) is 7.86. The van der Waals surface area contributed by atoms with Crippen LogP contribution in [0.4, 0.5) is 0 Å². The number of rotatable bonds is 5. The minimum atomic E-state index is -0.771. The van der Waals surface area contributed by atoms with Crippen molar-refractivity contribution in [2.75, 3.05) is 20.3 Å². The number of aryl methyl sites for hydroxylation is 1. The summed E-state index contributed by atoms with van der Waals surface area (Å²) in [6.07, 6.45) is 1.56. The number of Topliss-reactive ketones (excluding diaryl/α,β-unsaturated/α-hetero) is 1. The molecule has 2 aliphatic rings. The van der Waals surface area contributed by atoms with Crippen molar-refractivity contribution in [3.8, 4) is 11.5 Å². The second-order valence-corrected chi connectivity index (χ2v) is 7.86. The molecule has 2 unspecified atom stereocenters. The van der Waals surface area contributed by atoms with Crippen LogP contribution in [-0.2, 0) is 14.3 Å². The summed E-state index contributed by atoms with van der Waals surface area (Å²) in [4.78, 5) is 27.5. The van der Waals surface area contributed by atoms with Crippen molar-refractivity contribution in [3.05, 3.63) is 64.7 Å². The van der Waals surface area contributed by atoms with E-state index in [1.807, 2.05) is 6.92 Å². The monoisotopic (exact) mass is 423 g/mol. The summed E-state index contributed by atoms with van der Waals surface area (Å²) in [5.41, 5.74) is 1.87. The number of phenols is 1. The van der Waals surface area contributed by atoms with Crippen molar-refractivity contribution in [2.24, 2.45) is 0 Å². The first kappa shape index (κ1) is 20.9. The third-order valence-electron chi connectivity index (χ3n) is 5.84. The third-order valence-corrected chi connectivity index (χ3v) is 5.84. The highest BCUT2D eigenvalue weighted by molar-refractivity contribution is 6.46. The Hall–Kier alpha value is -3.32. The average Bonchev–Trinajstić information content (AvgIpc) is 3.36. The molecule has 162 valence electrons. The minimum absolute atomic E-state index is 0.0262. The van der Waals surface area contributed by atoms with Crippen LogP contribution in [0.2, 0.25) is 0 Å². The molecule has 0 spiro atoms. The van der Waals surface area contributed by atoms with Crippen LogP contribution in [0.15, 0.2) is 48.0 Å². The molecule has 2 aromatic carbocycles. The number of likely N-dealkylation sites (tertiary alicyclic amines) is 1. The van der Waals surface area contributed by atoms with E-state index < -0.39 is 17.7 Å². The Bertz CT molecular complexity index is 1040. The number of nitrogens with zero attached hydrogens (tertiary/aromatic N) is 1. The zero-order valence-electron chi connectivity index (χ0n) is 17.5. The molecule has 1 amide bonds. The molecule has 4 rings (SSSR count). The number of carbonyl (C=O) groups is 2. The molecule has 2 N–H and O–H groups in total. The summed E-state index contributed by atoms with van der Waals surface area (Å²) >= 11 is 0. The molecule has 0 aromatic heterocycles. The van der Waals surface area contributed by atoms with Crippen molar-refractivity contribution in [1.82, 2.24) is 4.90 Å². The van der Waals surface area contributed by atoms with Gasteiger partial charge in [-0.2, -0.15) is 0 Å². The van der Waals surface area contributed by atoms with E-state index in [9.17, 15) is 19.8 Å². The predicted octanol–water partition coefficient (Wildman–Crippen LogP) is 3.31. The fraction of sp³-hybridized carbons (Fsp3) is 0.333. The molecule has 7 nitrogen and oxygen atoms in total. The standard InChI is InChI=1S/C24H25NO6/c1-14-12-16(7-10-19(14)30-2)22(27)20-21(15-5-8-17(26)9-6-15)25(24(29)23(20)28)13-18-4-3-11-31-18/h5-10,12,18,21,26-27H,3-4,11,13H2,1-2H3/b22-20-. The lowest BCUT2D eigenvalue weighted by molar-refractivity contribution is -0.140. The molecule has 2 aliphatic heterocycles. The van der Waals surface area contributed by atoms with Crippen LogP contribution in [0.1, 0.15) is 35.6 Å². The van der Waals surface area contributed by atoms with Crippen LogP contribution in [-0.4, -0.2) is 53.2 Å². The van der Waals surface area contributed by atoms with Gasteiger partial charge in [-0.3, -0.25) is 9.59 Å². The van der Waals surface area contributed by atoms with Gasteiger partial charge in [-0.25, -0.2) is 0 Å². The number of aliphatic hydroxyl groups excluding tert-OH is 1. The summed E-state index contributed by atoms with van der Waals surface area (Å²) in [6.45, 7) is 2.72. The van der Waals surface area contributed by atoms with Crippen LogP contribution in [0, 0.1) is 6.92 Å². The van der Waals surface area contributed by atoms with Gasteiger partial charge in [-0.1, -0.05) is 12.1 Å². The molecular weight excluding hydrogens is 398 g/mol. The summed E-state index contributed by atoms with van der Waals surface area (Å²) < 4.78 is 11.0. The topological polar surface area (TPSA) is 96.3 Å². The number of methoxy groups -OCH3 is 1. The van der Waals surface area contributed by atoms with Gasteiger partial charge >= 0.3 is 0 Å². The molecule has 0 radical (unpaired) electrons. The summed E-state index contributed by atoms with van der Waals surface area (Å²) in [5, 5.41) is 20.8. The predicted molar refractivity (Wildman–Crippen MR) is 114 cm³/mol. The number of aromatic hydroxyl groups is 1. The van der Waals surface area contributed by atoms with Crippen LogP contribution >= 0.6 is 0 Å². The number of benzene rings is 2. The molecule has 2 saturated heterocycles. The number of ketones is 1. The van der Waals surface area contributed by atoms with Gasteiger partial charge in [0, 0.05) is 18.7 Å². The highest BCUT2D eigenvalue weighted by Gasteiger charge is 2.47. The third kappa shape index (κ3) is 3.88. The molecule has 2 aromatic rings. The Morgan fingerprint density at radius 1 is 1.19 bits per heavy atom. The Balaban J connectivity index is 1.82. The Labute approximate surface area is 180 Å². The van der Waals surface area contributed by atoms with E-state index in [0.717, 1.165) is 18.4 Å². The van der Waals surface area contributed by atoms with Gasteiger partial charge in [0.05, 0.1) is 24.8 Å². The van der Waals surface area contributed by atoms with Gasteiger partial charge in [0.15, 0.2) is 0 Å². The average molecular weight is 423 g/mol. The van der Waals surface area contributed by atoms with Gasteiger partial charge in [-0.15, -0.1) is 0 Å². The van der Waals surface area contributed by atoms with Crippen molar-refractivity contribution < 1.29 is 29.3 Å². The smallest absolute Gasteiger partial charge is 0.295 e. The van der Waals surface area contributed by atoms with E-state index in [4.69, 9.17) is 9.47 Å². The molecular formula is C24H25NO6. The first-order valence-corrected chi connectivity index (χ1v) is 10.2. The van der Waals surface area contributed by atoms with Crippen LogP contribution in [0.5, 0.6) is 11.5 Å². The van der Waals surface area contributed by atoms with E-state index in [2.05, 4.69) is 0 Å². The highest BCUT2D eigenvalue weighted by atomic mass is 16.5. The lowest BCUT2D eigenvalue weighted by Gasteiger charge is -2.27.